The molecule has 0 fully saturated rings. The Labute approximate surface area is 271 Å². The van der Waals surface area contributed by atoms with Crippen LogP contribution in [-0.4, -0.2) is 47.6 Å². The van der Waals surface area contributed by atoms with Gasteiger partial charge in [0.1, 0.15) is 34.1 Å². The number of hydrogen-bond donors (Lipinski definition) is 0. The third-order valence-corrected chi connectivity index (χ3v) is 9.03. The quantitative estimate of drug-likeness (QED) is 0.167. The van der Waals surface area contributed by atoms with Crippen molar-refractivity contribution in [2.24, 2.45) is 4.99 Å². The second kappa shape index (κ2) is 12.9. The van der Waals surface area contributed by atoms with Gasteiger partial charge < -0.3 is 18.8 Å². The molecule has 5 rings (SSSR count). The number of fused-ring (bicyclic) bond motifs is 1. The molecule has 1 aliphatic heterocycles. The van der Waals surface area contributed by atoms with Gasteiger partial charge in [0.2, 0.25) is 0 Å². The number of furan rings is 1. The number of nitro benzene ring substituents is 1. The number of hydrogen-bond acceptors (Lipinski definition) is 9. The maximum Gasteiger partial charge on any atom is 0.289 e. The van der Waals surface area contributed by atoms with Crippen LogP contribution in [0.15, 0.2) is 67.9 Å². The number of nitrogens with zero attached hydrogens (tertiary/aromatic N) is 4. The summed E-state index contributed by atoms with van der Waals surface area (Å²) in [5.74, 6) is 1.40. The molecule has 0 bridgehead atoms. The van der Waals surface area contributed by atoms with Gasteiger partial charge in [0.05, 0.1) is 40.0 Å². The molecule has 14 heteroatoms. The molecule has 234 valence electrons. The summed E-state index contributed by atoms with van der Waals surface area (Å²) in [5, 5.41) is 11.2. The van der Waals surface area contributed by atoms with Crippen molar-refractivity contribution in [3.63, 3.8) is 0 Å². The number of rotatable bonds is 9. The van der Waals surface area contributed by atoms with Gasteiger partial charge >= 0.3 is 0 Å². The van der Waals surface area contributed by atoms with E-state index in [0.717, 1.165) is 17.4 Å². The number of carbonyl (C=O) groups excluding carboxylic acids is 1. The van der Waals surface area contributed by atoms with Crippen LogP contribution in [0.25, 0.3) is 17.4 Å². The third-order valence-electron chi connectivity index (χ3n) is 7.43. The molecular weight excluding hydrogens is 643 g/mol. The lowest BCUT2D eigenvalue weighted by molar-refractivity contribution is -0.384. The summed E-state index contributed by atoms with van der Waals surface area (Å²) >= 11 is 13.6. The van der Waals surface area contributed by atoms with Gasteiger partial charge in [-0.05, 0) is 57.2 Å². The van der Waals surface area contributed by atoms with Crippen LogP contribution in [0.1, 0.15) is 38.1 Å². The number of aromatic nitrogens is 1. The van der Waals surface area contributed by atoms with Crippen LogP contribution in [0.2, 0.25) is 10.0 Å². The van der Waals surface area contributed by atoms with Crippen molar-refractivity contribution in [1.29, 1.82) is 0 Å². The minimum Gasteiger partial charge on any atom is -0.497 e. The maximum atomic E-state index is 14.1. The van der Waals surface area contributed by atoms with Crippen LogP contribution in [0.5, 0.6) is 11.5 Å². The van der Waals surface area contributed by atoms with E-state index in [1.807, 2.05) is 13.8 Å². The first kappa shape index (κ1) is 32.0. The summed E-state index contributed by atoms with van der Waals surface area (Å²) in [6.45, 7) is 6.49. The highest BCUT2D eigenvalue weighted by Crippen LogP contribution is 2.39. The summed E-state index contributed by atoms with van der Waals surface area (Å²) in [5.41, 5.74) is 1.05. The average molecular weight is 672 g/mol. The second-order valence-electron chi connectivity index (χ2n) is 9.91. The van der Waals surface area contributed by atoms with E-state index < -0.39 is 11.0 Å². The van der Waals surface area contributed by atoms with E-state index in [4.69, 9.17) is 42.1 Å². The molecule has 0 saturated carbocycles. The smallest absolute Gasteiger partial charge is 0.289 e. The number of methoxy groups -OCH3 is 2. The summed E-state index contributed by atoms with van der Waals surface area (Å²) in [6, 6.07) is 10.2. The highest BCUT2D eigenvalue weighted by Gasteiger charge is 2.36. The van der Waals surface area contributed by atoms with Crippen molar-refractivity contribution in [2.45, 2.75) is 26.8 Å². The topological polar surface area (TPSA) is 129 Å². The number of carbonyl (C=O) groups is 1. The van der Waals surface area contributed by atoms with E-state index in [1.165, 1.54) is 24.9 Å². The molecule has 2 aromatic heterocycles. The van der Waals surface area contributed by atoms with Gasteiger partial charge in [-0.25, -0.2) is 4.99 Å². The molecule has 4 aromatic rings. The lowest BCUT2D eigenvalue weighted by atomic mass is 9.93. The van der Waals surface area contributed by atoms with Crippen molar-refractivity contribution in [3.8, 4) is 22.8 Å². The van der Waals surface area contributed by atoms with Gasteiger partial charge in [-0.1, -0.05) is 34.5 Å². The number of halogens is 2. The van der Waals surface area contributed by atoms with Gasteiger partial charge in [-0.15, -0.1) is 0 Å². The fourth-order valence-electron chi connectivity index (χ4n) is 5.19. The highest BCUT2D eigenvalue weighted by molar-refractivity contribution is 7.07. The summed E-state index contributed by atoms with van der Waals surface area (Å²) in [4.78, 5) is 45.4. The highest BCUT2D eigenvalue weighted by atomic mass is 35.5. The van der Waals surface area contributed by atoms with E-state index in [1.54, 1.807) is 48.2 Å². The van der Waals surface area contributed by atoms with E-state index in [9.17, 15) is 19.7 Å². The first-order valence-electron chi connectivity index (χ1n) is 13.8. The van der Waals surface area contributed by atoms with E-state index in [-0.39, 0.29) is 27.2 Å². The van der Waals surface area contributed by atoms with Crippen LogP contribution in [0.3, 0.4) is 0 Å². The molecule has 0 spiro atoms. The molecule has 1 atom stereocenters. The number of nitro groups is 1. The zero-order valence-corrected chi connectivity index (χ0v) is 27.2. The predicted octanol–water partition coefficient (Wildman–Crippen LogP) is 5.60. The monoisotopic (exact) mass is 670 g/mol. The first-order chi connectivity index (χ1) is 21.5. The van der Waals surface area contributed by atoms with Crippen molar-refractivity contribution in [2.75, 3.05) is 27.3 Å². The molecule has 45 heavy (non-hydrogen) atoms. The van der Waals surface area contributed by atoms with E-state index >= 15 is 0 Å². The molecule has 0 saturated heterocycles. The molecule has 11 nitrogen and oxygen atoms in total. The lowest BCUT2D eigenvalue weighted by Crippen LogP contribution is -2.43. The Balaban J connectivity index is 1.68. The van der Waals surface area contributed by atoms with Gasteiger partial charge in [0, 0.05) is 36.4 Å². The SMILES string of the molecule is CCN(CC)C(=O)C1=C(C)N=c2s/c(=C/c3ccc(-c4cc(Cl)c([N+](=O)[O-])cc4Cl)o3)c(=O)n2[C@@H]1c1cc(OC)ccc1OC. The molecule has 1 amide bonds. The maximum absolute atomic E-state index is 14.1. The Morgan fingerprint density at radius 3 is 2.51 bits per heavy atom. The Bertz CT molecular complexity index is 2040. The number of ether oxygens (including phenoxy) is 2. The van der Waals surface area contributed by atoms with Crippen LogP contribution in [0, 0.1) is 10.1 Å². The minimum absolute atomic E-state index is 0.0829. The number of benzene rings is 2. The van der Waals surface area contributed by atoms with Crippen LogP contribution >= 0.6 is 34.5 Å². The Hall–Kier alpha value is -4.39. The molecule has 0 radical (unpaired) electrons. The van der Waals surface area contributed by atoms with Crippen molar-refractivity contribution < 1.29 is 23.6 Å². The molecule has 2 aromatic carbocycles. The van der Waals surface area contributed by atoms with Crippen molar-refractivity contribution >= 4 is 52.2 Å². The van der Waals surface area contributed by atoms with Crippen molar-refractivity contribution in [3.05, 3.63) is 105 Å². The van der Waals surface area contributed by atoms with Crippen LogP contribution in [0.4, 0.5) is 5.69 Å². The van der Waals surface area contributed by atoms with Gasteiger partial charge in [0.15, 0.2) is 4.80 Å². The third kappa shape index (κ3) is 5.88. The van der Waals surface area contributed by atoms with Gasteiger partial charge in [0.25, 0.3) is 17.2 Å². The molecule has 1 aliphatic rings. The van der Waals surface area contributed by atoms with Crippen molar-refractivity contribution in [1.82, 2.24) is 9.47 Å². The van der Waals surface area contributed by atoms with Gasteiger partial charge in [-0.3, -0.25) is 24.3 Å². The fraction of sp³-hybridized carbons (Fsp3) is 0.258. The molecule has 0 unspecified atom stereocenters. The van der Waals surface area contributed by atoms with Crippen LogP contribution in [-0.2, 0) is 4.79 Å². The Morgan fingerprint density at radius 2 is 1.87 bits per heavy atom. The Kier molecular flexibility index (Phi) is 9.19. The normalized spacial score (nSPS) is 14.6. The molecule has 3 heterocycles. The summed E-state index contributed by atoms with van der Waals surface area (Å²) < 4.78 is 18.9. The number of likely N-dealkylation sites (N-methyl/N-ethyl adjacent to an activating group) is 1. The lowest BCUT2D eigenvalue weighted by Gasteiger charge is -2.30. The van der Waals surface area contributed by atoms with E-state index in [2.05, 4.69) is 0 Å². The second-order valence-corrected chi connectivity index (χ2v) is 11.7. The van der Waals surface area contributed by atoms with Crippen LogP contribution < -0.4 is 24.4 Å². The van der Waals surface area contributed by atoms with Gasteiger partial charge in [-0.2, -0.15) is 0 Å². The predicted molar refractivity (Wildman–Crippen MR) is 172 cm³/mol. The zero-order valence-electron chi connectivity index (χ0n) is 24.9. The minimum atomic E-state index is -0.852. The fourth-order valence-corrected chi connectivity index (χ4v) is 6.70. The molecule has 0 N–H and O–H groups in total. The average Bonchev–Trinajstić information content (AvgIpc) is 3.61. The Morgan fingerprint density at radius 1 is 1.13 bits per heavy atom. The summed E-state index contributed by atoms with van der Waals surface area (Å²) in [6.07, 6.45) is 1.57. The van der Waals surface area contributed by atoms with E-state index in [0.29, 0.717) is 67.8 Å². The number of amides is 1. The first-order valence-corrected chi connectivity index (χ1v) is 15.4. The number of allylic oxidation sites excluding steroid dienone is 1. The zero-order chi connectivity index (χ0) is 32.6. The largest absolute Gasteiger partial charge is 0.497 e. The molecule has 0 aliphatic carbocycles. The molecular formula is C31H28Cl2N4O7S. The standard InChI is InChI=1S/C31H28Cl2N4O7S/c1-6-35(7-2)30(39)27-16(3)34-31-36(28(27)20-12-17(42-4)8-10-24(20)43-5)29(38)26(45-31)13-18-9-11-25(44-18)19-14-22(33)23(37(40)41)15-21(19)32/h8-15,28H,6-7H2,1-5H3/b26-13+/t28-/m1/s1. The number of thiazole rings is 1. The summed E-state index contributed by atoms with van der Waals surface area (Å²) in [7, 11) is 3.06.